The Morgan fingerprint density at radius 3 is 2.47 bits per heavy atom. The number of hydrogen-bond acceptors (Lipinski definition) is 4. The molecule has 0 radical (unpaired) electrons. The Labute approximate surface area is 205 Å². The van der Waals surface area contributed by atoms with Gasteiger partial charge < -0.3 is 14.4 Å². The summed E-state index contributed by atoms with van der Waals surface area (Å²) in [4.78, 5) is 27.8. The molecule has 2 aromatic rings. The SMILES string of the molecule is Cn1c(=O)n(COCC[Si](C)(C)C)c2cccc(C3CCN(C(=O)OC(C)(C)C)C(C)(C)C3)c21. The summed E-state index contributed by atoms with van der Waals surface area (Å²) >= 11 is 0. The molecule has 0 aliphatic carbocycles. The highest BCUT2D eigenvalue weighted by molar-refractivity contribution is 6.76. The predicted octanol–water partition coefficient (Wildman–Crippen LogP) is 5.55. The molecule has 1 fully saturated rings. The van der Waals surface area contributed by atoms with E-state index in [4.69, 9.17) is 9.47 Å². The minimum Gasteiger partial charge on any atom is -0.444 e. The van der Waals surface area contributed by atoms with Crippen molar-refractivity contribution in [3.63, 3.8) is 0 Å². The number of likely N-dealkylation sites (tertiary alicyclic amines) is 1. The van der Waals surface area contributed by atoms with Gasteiger partial charge in [0, 0.05) is 33.8 Å². The Balaban J connectivity index is 1.84. The Morgan fingerprint density at radius 1 is 1.21 bits per heavy atom. The molecule has 1 aliphatic heterocycles. The first-order valence-corrected chi connectivity index (χ1v) is 16.1. The quantitative estimate of drug-likeness (QED) is 0.394. The van der Waals surface area contributed by atoms with E-state index in [2.05, 4.69) is 39.6 Å². The molecule has 1 aliphatic rings. The predicted molar refractivity (Wildman–Crippen MR) is 140 cm³/mol. The maximum atomic E-state index is 13.1. The first-order chi connectivity index (χ1) is 15.6. The van der Waals surface area contributed by atoms with E-state index in [1.165, 1.54) is 0 Å². The maximum absolute atomic E-state index is 13.1. The van der Waals surface area contributed by atoms with Gasteiger partial charge in [-0.25, -0.2) is 9.59 Å². The number of nitrogens with zero attached hydrogens (tertiary/aromatic N) is 3. The molecule has 1 unspecified atom stereocenters. The van der Waals surface area contributed by atoms with Crippen LogP contribution in [0.15, 0.2) is 23.0 Å². The van der Waals surface area contributed by atoms with Gasteiger partial charge in [-0.1, -0.05) is 31.8 Å². The summed E-state index contributed by atoms with van der Waals surface area (Å²) in [7, 11) is 0.657. The van der Waals surface area contributed by atoms with Crippen LogP contribution in [0.4, 0.5) is 4.79 Å². The molecule has 0 bridgehead atoms. The van der Waals surface area contributed by atoms with E-state index in [0.717, 1.165) is 35.5 Å². The molecule has 1 aromatic carbocycles. The summed E-state index contributed by atoms with van der Waals surface area (Å²) in [6.07, 6.45) is 1.37. The third-order valence-corrected chi connectivity index (χ3v) is 8.34. The number of carbonyl (C=O) groups excluding carboxylic acids is 1. The van der Waals surface area contributed by atoms with Crippen LogP contribution in [0.5, 0.6) is 0 Å². The van der Waals surface area contributed by atoms with E-state index in [0.29, 0.717) is 13.2 Å². The number of hydrogen-bond donors (Lipinski definition) is 0. The minimum absolute atomic E-state index is 0.0547. The van der Waals surface area contributed by atoms with Crippen molar-refractivity contribution in [2.75, 3.05) is 13.2 Å². The fourth-order valence-corrected chi connectivity index (χ4v) is 5.58. The molecule has 7 nitrogen and oxygen atoms in total. The summed E-state index contributed by atoms with van der Waals surface area (Å²) in [6, 6.07) is 7.23. The number of aryl methyl sites for hydroxylation is 1. The standard InChI is InChI=1S/C26H43N3O4Si/c1-25(2,3)33-24(31)29-14-13-19(17-26(29,4)5)20-11-10-12-21-22(20)27(6)23(30)28(21)18-32-15-16-34(7,8)9/h10-12,19H,13-18H2,1-9H3. The second kappa shape index (κ2) is 9.53. The molecule has 0 N–H and O–H groups in total. The van der Waals surface area contributed by atoms with Crippen LogP contribution >= 0.6 is 0 Å². The van der Waals surface area contributed by atoms with E-state index in [9.17, 15) is 9.59 Å². The first kappa shape index (κ1) is 26.5. The lowest BCUT2D eigenvalue weighted by Gasteiger charge is -2.45. The zero-order valence-electron chi connectivity index (χ0n) is 22.5. The highest BCUT2D eigenvalue weighted by atomic mass is 28.3. The topological polar surface area (TPSA) is 65.7 Å². The Morgan fingerprint density at radius 2 is 1.88 bits per heavy atom. The van der Waals surface area contributed by atoms with Gasteiger partial charge in [0.2, 0.25) is 0 Å². The molecular formula is C26H43N3O4Si. The lowest BCUT2D eigenvalue weighted by Crippen LogP contribution is -2.53. The van der Waals surface area contributed by atoms with Crippen LogP contribution in [0.25, 0.3) is 11.0 Å². The number of imidazole rings is 1. The summed E-state index contributed by atoms with van der Waals surface area (Å²) in [5.41, 5.74) is 2.11. The monoisotopic (exact) mass is 489 g/mol. The van der Waals surface area contributed by atoms with E-state index >= 15 is 0 Å². The maximum Gasteiger partial charge on any atom is 0.410 e. The third kappa shape index (κ3) is 5.94. The fraction of sp³-hybridized carbons (Fsp3) is 0.692. The molecule has 0 spiro atoms. The van der Waals surface area contributed by atoms with E-state index < -0.39 is 13.7 Å². The third-order valence-electron chi connectivity index (χ3n) is 6.64. The van der Waals surface area contributed by atoms with Crippen LogP contribution < -0.4 is 5.69 Å². The second-order valence-corrected chi connectivity index (χ2v) is 18.1. The molecule has 8 heteroatoms. The molecule has 34 heavy (non-hydrogen) atoms. The molecule has 1 atom stereocenters. The van der Waals surface area contributed by atoms with Gasteiger partial charge in [-0.3, -0.25) is 9.13 Å². The van der Waals surface area contributed by atoms with Crippen LogP contribution in [-0.4, -0.2) is 52.5 Å². The average molecular weight is 490 g/mol. The van der Waals surface area contributed by atoms with Gasteiger partial charge in [0.05, 0.1) is 11.0 Å². The Hall–Kier alpha value is -2.06. The van der Waals surface area contributed by atoms with Crippen LogP contribution in [0.1, 0.15) is 58.9 Å². The lowest BCUT2D eigenvalue weighted by atomic mass is 9.79. The summed E-state index contributed by atoms with van der Waals surface area (Å²) < 4.78 is 15.1. The summed E-state index contributed by atoms with van der Waals surface area (Å²) in [6.45, 7) is 18.4. The number of carbonyl (C=O) groups is 1. The van der Waals surface area contributed by atoms with Crippen LogP contribution in [0, 0.1) is 0 Å². The van der Waals surface area contributed by atoms with Crippen molar-refractivity contribution in [3.05, 3.63) is 34.2 Å². The zero-order valence-corrected chi connectivity index (χ0v) is 23.5. The van der Waals surface area contributed by atoms with Crippen molar-refractivity contribution in [1.82, 2.24) is 14.0 Å². The molecular weight excluding hydrogens is 446 g/mol. The number of aromatic nitrogens is 2. The van der Waals surface area contributed by atoms with Crippen LogP contribution in [0.3, 0.4) is 0 Å². The highest BCUT2D eigenvalue weighted by Crippen LogP contribution is 2.40. The minimum atomic E-state index is -1.18. The van der Waals surface area contributed by atoms with Gasteiger partial charge in [-0.2, -0.15) is 0 Å². The molecule has 1 amide bonds. The van der Waals surface area contributed by atoms with Gasteiger partial charge in [0.1, 0.15) is 12.3 Å². The molecule has 1 aromatic heterocycles. The number of piperidine rings is 1. The first-order valence-electron chi connectivity index (χ1n) is 12.4. The highest BCUT2D eigenvalue weighted by Gasteiger charge is 2.40. The molecule has 0 saturated carbocycles. The van der Waals surface area contributed by atoms with Crippen molar-refractivity contribution in [3.8, 4) is 0 Å². The van der Waals surface area contributed by atoms with Gasteiger partial charge in [-0.05, 0) is 71.1 Å². The molecule has 1 saturated heterocycles. The molecule has 190 valence electrons. The smallest absolute Gasteiger partial charge is 0.410 e. The second-order valence-electron chi connectivity index (χ2n) is 12.5. The van der Waals surface area contributed by atoms with Crippen molar-refractivity contribution >= 4 is 25.2 Å². The van der Waals surface area contributed by atoms with E-state index in [1.54, 1.807) is 9.13 Å². The van der Waals surface area contributed by atoms with E-state index in [1.807, 2.05) is 44.9 Å². The van der Waals surface area contributed by atoms with Crippen molar-refractivity contribution < 1.29 is 14.3 Å². The number of fused-ring (bicyclic) bond motifs is 1. The summed E-state index contributed by atoms with van der Waals surface area (Å²) in [5.74, 6) is 0.242. The van der Waals surface area contributed by atoms with Gasteiger partial charge in [0.15, 0.2) is 0 Å². The van der Waals surface area contributed by atoms with Crippen molar-refractivity contribution in [1.29, 1.82) is 0 Å². The van der Waals surface area contributed by atoms with Gasteiger partial charge in [-0.15, -0.1) is 0 Å². The fourth-order valence-electron chi connectivity index (χ4n) is 4.82. The van der Waals surface area contributed by atoms with E-state index in [-0.39, 0.29) is 30.0 Å². The van der Waals surface area contributed by atoms with Crippen molar-refractivity contribution in [2.45, 2.75) is 96.9 Å². The zero-order chi connectivity index (χ0) is 25.5. The summed E-state index contributed by atoms with van der Waals surface area (Å²) in [5, 5.41) is 0. The van der Waals surface area contributed by atoms with Crippen LogP contribution in [0.2, 0.25) is 25.7 Å². The van der Waals surface area contributed by atoms with Crippen molar-refractivity contribution in [2.24, 2.45) is 7.05 Å². The lowest BCUT2D eigenvalue weighted by molar-refractivity contribution is -0.00926. The van der Waals surface area contributed by atoms with Crippen LogP contribution in [-0.2, 0) is 23.3 Å². The normalized spacial score (nSPS) is 19.0. The number of rotatable bonds is 6. The largest absolute Gasteiger partial charge is 0.444 e. The number of amides is 1. The molecule has 3 rings (SSSR count). The van der Waals surface area contributed by atoms with Gasteiger partial charge in [0.25, 0.3) is 0 Å². The van der Waals surface area contributed by atoms with Gasteiger partial charge >= 0.3 is 11.8 Å². The Bertz CT molecular complexity index is 1090. The Kier molecular flexibility index (Phi) is 7.44. The average Bonchev–Trinajstić information content (AvgIpc) is 2.93. The number of benzene rings is 1. The number of para-hydroxylation sites is 1. The molecule has 2 heterocycles. The number of ether oxygens (including phenoxy) is 2.